The second-order valence-corrected chi connectivity index (χ2v) is 6.49. The maximum absolute atomic E-state index is 12.3. The standard InChI is InChI=1S/C23H18N2O4/c1-15(23(27)25-17-9-11-24-12-10-17)28-18-7-8-19-20(16-5-3-2-4-6-16)14-22(26)29-21(19)13-18/h2-15H,1H3,(H,24,25,27). The lowest BCUT2D eigenvalue weighted by atomic mass is 10.0. The summed E-state index contributed by atoms with van der Waals surface area (Å²) in [6, 6.07) is 19.7. The molecule has 0 fully saturated rings. The predicted octanol–water partition coefficient (Wildman–Crippen LogP) is 4.26. The zero-order chi connectivity index (χ0) is 20.2. The largest absolute Gasteiger partial charge is 0.481 e. The van der Waals surface area contributed by atoms with Crippen molar-refractivity contribution < 1.29 is 13.9 Å². The number of carbonyl (C=O) groups is 1. The summed E-state index contributed by atoms with van der Waals surface area (Å²) < 4.78 is 11.1. The number of pyridine rings is 1. The van der Waals surface area contributed by atoms with Crippen LogP contribution in [0.3, 0.4) is 0 Å². The minimum Gasteiger partial charge on any atom is -0.481 e. The normalized spacial score (nSPS) is 11.8. The Balaban J connectivity index is 1.59. The van der Waals surface area contributed by atoms with Crippen molar-refractivity contribution >= 4 is 22.6 Å². The van der Waals surface area contributed by atoms with Crippen molar-refractivity contribution in [3.8, 4) is 16.9 Å². The minimum absolute atomic E-state index is 0.296. The highest BCUT2D eigenvalue weighted by Crippen LogP contribution is 2.29. The van der Waals surface area contributed by atoms with E-state index >= 15 is 0 Å². The third-order valence-corrected chi connectivity index (χ3v) is 4.43. The van der Waals surface area contributed by atoms with Crippen LogP contribution in [0.25, 0.3) is 22.1 Å². The molecule has 0 radical (unpaired) electrons. The Labute approximate surface area is 166 Å². The van der Waals surface area contributed by atoms with Gasteiger partial charge in [-0.1, -0.05) is 30.3 Å². The molecule has 4 rings (SSSR count). The SMILES string of the molecule is CC(Oc1ccc2c(-c3ccccc3)cc(=O)oc2c1)C(=O)Nc1ccncc1. The first-order chi connectivity index (χ1) is 14.1. The number of nitrogens with zero attached hydrogens (tertiary/aromatic N) is 1. The second kappa shape index (κ2) is 7.98. The lowest BCUT2D eigenvalue weighted by Gasteiger charge is -2.15. The summed E-state index contributed by atoms with van der Waals surface area (Å²) in [6.45, 7) is 1.65. The maximum atomic E-state index is 12.3. The molecule has 0 aliphatic rings. The first-order valence-corrected chi connectivity index (χ1v) is 9.11. The molecule has 0 aliphatic carbocycles. The van der Waals surface area contributed by atoms with Crippen molar-refractivity contribution in [1.29, 1.82) is 0 Å². The number of benzene rings is 2. The summed E-state index contributed by atoms with van der Waals surface area (Å²) in [5, 5.41) is 3.55. The van der Waals surface area contributed by atoms with Crippen LogP contribution in [-0.4, -0.2) is 17.0 Å². The summed E-state index contributed by atoms with van der Waals surface area (Å²) >= 11 is 0. The molecule has 0 aliphatic heterocycles. The van der Waals surface area contributed by atoms with Crippen LogP contribution >= 0.6 is 0 Å². The van der Waals surface area contributed by atoms with Crippen molar-refractivity contribution in [2.24, 2.45) is 0 Å². The molecule has 0 bridgehead atoms. The van der Waals surface area contributed by atoms with Gasteiger partial charge in [-0.15, -0.1) is 0 Å². The minimum atomic E-state index is -0.746. The van der Waals surface area contributed by atoms with E-state index in [9.17, 15) is 9.59 Å². The number of carbonyl (C=O) groups excluding carboxylic acids is 1. The predicted molar refractivity (Wildman–Crippen MR) is 111 cm³/mol. The van der Waals surface area contributed by atoms with E-state index in [0.717, 1.165) is 16.5 Å². The first kappa shape index (κ1) is 18.4. The molecule has 6 nitrogen and oxygen atoms in total. The molecular weight excluding hydrogens is 368 g/mol. The Morgan fingerprint density at radius 1 is 1.03 bits per heavy atom. The van der Waals surface area contributed by atoms with E-state index in [1.807, 2.05) is 36.4 Å². The van der Waals surface area contributed by atoms with Gasteiger partial charge in [0.05, 0.1) is 0 Å². The molecule has 1 amide bonds. The molecule has 144 valence electrons. The van der Waals surface area contributed by atoms with Crippen molar-refractivity contribution in [1.82, 2.24) is 4.98 Å². The molecule has 2 heterocycles. The van der Waals surface area contributed by atoms with Gasteiger partial charge in [0.15, 0.2) is 6.10 Å². The molecule has 0 spiro atoms. The van der Waals surface area contributed by atoms with Crippen molar-refractivity contribution in [2.75, 3.05) is 5.32 Å². The fraction of sp³-hybridized carbons (Fsp3) is 0.0870. The Bertz CT molecular complexity index is 1200. The van der Waals surface area contributed by atoms with Crippen LogP contribution in [0.2, 0.25) is 0 Å². The number of rotatable bonds is 5. The number of hydrogen-bond acceptors (Lipinski definition) is 5. The molecule has 1 N–H and O–H groups in total. The van der Waals surface area contributed by atoms with E-state index in [0.29, 0.717) is 17.0 Å². The highest BCUT2D eigenvalue weighted by atomic mass is 16.5. The van der Waals surface area contributed by atoms with E-state index in [4.69, 9.17) is 9.15 Å². The number of amides is 1. The monoisotopic (exact) mass is 386 g/mol. The van der Waals surface area contributed by atoms with Gasteiger partial charge in [-0.2, -0.15) is 0 Å². The quantitative estimate of drug-likeness (QED) is 0.518. The van der Waals surface area contributed by atoms with E-state index < -0.39 is 11.7 Å². The summed E-state index contributed by atoms with van der Waals surface area (Å²) in [5.41, 5.74) is 2.29. The molecular formula is C23H18N2O4. The number of hydrogen-bond donors (Lipinski definition) is 1. The Morgan fingerprint density at radius 2 is 1.79 bits per heavy atom. The van der Waals surface area contributed by atoms with Gasteiger partial charge in [-0.25, -0.2) is 4.79 Å². The van der Waals surface area contributed by atoms with Crippen LogP contribution in [0.1, 0.15) is 6.92 Å². The third-order valence-electron chi connectivity index (χ3n) is 4.43. The van der Waals surface area contributed by atoms with Crippen LogP contribution in [0.15, 0.2) is 88.3 Å². The van der Waals surface area contributed by atoms with Crippen LogP contribution in [0.4, 0.5) is 5.69 Å². The maximum Gasteiger partial charge on any atom is 0.336 e. The zero-order valence-electron chi connectivity index (χ0n) is 15.7. The Kier molecular flexibility index (Phi) is 5.07. The van der Waals surface area contributed by atoms with Gasteiger partial charge in [0, 0.05) is 35.6 Å². The topological polar surface area (TPSA) is 81.4 Å². The fourth-order valence-corrected chi connectivity index (χ4v) is 3.01. The summed E-state index contributed by atoms with van der Waals surface area (Å²) in [7, 11) is 0. The fourth-order valence-electron chi connectivity index (χ4n) is 3.01. The molecule has 4 aromatic rings. The van der Waals surface area contributed by atoms with Gasteiger partial charge < -0.3 is 14.5 Å². The van der Waals surface area contributed by atoms with E-state index in [1.54, 1.807) is 43.6 Å². The van der Waals surface area contributed by atoms with Gasteiger partial charge in [0.2, 0.25) is 0 Å². The van der Waals surface area contributed by atoms with Crippen LogP contribution in [-0.2, 0) is 4.79 Å². The molecule has 2 aromatic heterocycles. The summed E-state index contributed by atoms with van der Waals surface area (Å²) in [6.07, 6.45) is 2.44. The summed E-state index contributed by atoms with van der Waals surface area (Å²) in [5.74, 6) is 0.138. The second-order valence-electron chi connectivity index (χ2n) is 6.49. The highest BCUT2D eigenvalue weighted by Gasteiger charge is 2.16. The van der Waals surface area contributed by atoms with Crippen molar-refractivity contribution in [3.05, 3.63) is 89.5 Å². The van der Waals surface area contributed by atoms with Gasteiger partial charge >= 0.3 is 5.63 Å². The number of aromatic nitrogens is 1. The van der Waals surface area contributed by atoms with Crippen molar-refractivity contribution in [2.45, 2.75) is 13.0 Å². The lowest BCUT2D eigenvalue weighted by Crippen LogP contribution is -2.30. The average Bonchev–Trinajstić information content (AvgIpc) is 2.74. The van der Waals surface area contributed by atoms with E-state index in [2.05, 4.69) is 10.3 Å². The molecule has 6 heteroatoms. The highest BCUT2D eigenvalue weighted by molar-refractivity contribution is 5.95. The summed E-state index contributed by atoms with van der Waals surface area (Å²) in [4.78, 5) is 28.3. The van der Waals surface area contributed by atoms with Crippen LogP contribution in [0.5, 0.6) is 5.75 Å². The number of ether oxygens (including phenoxy) is 1. The van der Waals surface area contributed by atoms with Gasteiger partial charge in [0.25, 0.3) is 5.91 Å². The number of nitrogens with one attached hydrogen (secondary N) is 1. The third kappa shape index (κ3) is 4.16. The van der Waals surface area contributed by atoms with E-state index in [1.165, 1.54) is 6.07 Å². The zero-order valence-corrected chi connectivity index (χ0v) is 15.7. The number of anilines is 1. The average molecular weight is 386 g/mol. The Morgan fingerprint density at radius 3 is 2.55 bits per heavy atom. The van der Waals surface area contributed by atoms with Crippen LogP contribution < -0.4 is 15.7 Å². The van der Waals surface area contributed by atoms with Gasteiger partial charge in [-0.3, -0.25) is 9.78 Å². The first-order valence-electron chi connectivity index (χ1n) is 9.11. The Hall–Kier alpha value is -3.93. The molecule has 29 heavy (non-hydrogen) atoms. The number of fused-ring (bicyclic) bond motifs is 1. The van der Waals surface area contributed by atoms with Gasteiger partial charge in [-0.05, 0) is 42.3 Å². The van der Waals surface area contributed by atoms with Gasteiger partial charge in [0.1, 0.15) is 11.3 Å². The lowest BCUT2D eigenvalue weighted by molar-refractivity contribution is -0.122. The molecule has 1 atom stereocenters. The van der Waals surface area contributed by atoms with Crippen LogP contribution in [0, 0.1) is 0 Å². The smallest absolute Gasteiger partial charge is 0.336 e. The molecule has 2 aromatic carbocycles. The molecule has 0 saturated carbocycles. The molecule has 0 saturated heterocycles. The van der Waals surface area contributed by atoms with E-state index in [-0.39, 0.29) is 5.91 Å². The molecule has 1 unspecified atom stereocenters. The van der Waals surface area contributed by atoms with Crippen molar-refractivity contribution in [3.63, 3.8) is 0 Å².